The monoisotopic (exact) mass is 287 g/mol. The molecule has 0 fully saturated rings. The van der Waals surface area contributed by atoms with Crippen LogP contribution in [0, 0.1) is 5.82 Å². The standard InChI is InChI=1S/C17H18FNO2/c1-19-10-13-8-11-7-12(20-2)9-15(17(11)21-13)14-5-3-4-6-16(14)18/h3-7,9,13,19H,8,10H2,1-2H3. The number of benzene rings is 2. The maximum Gasteiger partial charge on any atom is 0.131 e. The lowest BCUT2D eigenvalue weighted by atomic mass is 9.99. The van der Waals surface area contributed by atoms with Gasteiger partial charge in [0.2, 0.25) is 0 Å². The van der Waals surface area contributed by atoms with E-state index < -0.39 is 0 Å². The molecule has 1 aliphatic heterocycles. The number of methoxy groups -OCH3 is 1. The molecule has 3 rings (SSSR count). The molecule has 0 bridgehead atoms. The fraction of sp³-hybridized carbons (Fsp3) is 0.294. The Balaban J connectivity index is 2.10. The second-order valence-corrected chi connectivity index (χ2v) is 5.14. The first-order valence-electron chi connectivity index (χ1n) is 7.00. The molecule has 1 N–H and O–H groups in total. The second kappa shape index (κ2) is 5.74. The highest BCUT2D eigenvalue weighted by molar-refractivity contribution is 5.75. The Morgan fingerprint density at radius 3 is 2.81 bits per heavy atom. The number of likely N-dealkylation sites (N-methyl/N-ethyl adjacent to an activating group) is 1. The highest BCUT2D eigenvalue weighted by atomic mass is 19.1. The molecule has 1 aliphatic rings. The van der Waals surface area contributed by atoms with E-state index in [2.05, 4.69) is 5.32 Å². The quantitative estimate of drug-likeness (QED) is 0.937. The van der Waals surface area contributed by atoms with Gasteiger partial charge in [0, 0.05) is 29.7 Å². The van der Waals surface area contributed by atoms with Gasteiger partial charge < -0.3 is 14.8 Å². The van der Waals surface area contributed by atoms with E-state index in [1.54, 1.807) is 19.2 Å². The van der Waals surface area contributed by atoms with Crippen molar-refractivity contribution in [1.29, 1.82) is 0 Å². The van der Waals surface area contributed by atoms with Crippen LogP contribution in [0.4, 0.5) is 4.39 Å². The van der Waals surface area contributed by atoms with E-state index in [1.807, 2.05) is 25.2 Å². The van der Waals surface area contributed by atoms with Gasteiger partial charge in [-0.3, -0.25) is 0 Å². The van der Waals surface area contributed by atoms with E-state index >= 15 is 0 Å². The Hall–Kier alpha value is -2.07. The number of halogens is 1. The molecule has 0 spiro atoms. The zero-order valence-electron chi connectivity index (χ0n) is 12.2. The topological polar surface area (TPSA) is 30.5 Å². The molecule has 4 heteroatoms. The van der Waals surface area contributed by atoms with Crippen LogP contribution in [-0.2, 0) is 6.42 Å². The highest BCUT2D eigenvalue weighted by Crippen LogP contribution is 2.42. The van der Waals surface area contributed by atoms with E-state index in [0.717, 1.165) is 35.6 Å². The molecule has 2 aromatic carbocycles. The van der Waals surface area contributed by atoms with E-state index in [9.17, 15) is 4.39 Å². The van der Waals surface area contributed by atoms with Gasteiger partial charge in [0.15, 0.2) is 0 Å². The maximum absolute atomic E-state index is 14.1. The van der Waals surface area contributed by atoms with Crippen molar-refractivity contribution in [1.82, 2.24) is 5.32 Å². The molecule has 0 aliphatic carbocycles. The summed E-state index contributed by atoms with van der Waals surface area (Å²) in [7, 11) is 3.51. The van der Waals surface area contributed by atoms with E-state index in [0.29, 0.717) is 5.56 Å². The Kier molecular flexibility index (Phi) is 3.80. The first kappa shape index (κ1) is 13.9. The van der Waals surface area contributed by atoms with Crippen molar-refractivity contribution in [2.24, 2.45) is 0 Å². The highest BCUT2D eigenvalue weighted by Gasteiger charge is 2.27. The van der Waals surface area contributed by atoms with Crippen molar-refractivity contribution in [3.63, 3.8) is 0 Å². The van der Waals surface area contributed by atoms with Crippen molar-refractivity contribution in [2.75, 3.05) is 20.7 Å². The van der Waals surface area contributed by atoms with Crippen LogP contribution in [0.1, 0.15) is 5.56 Å². The first-order chi connectivity index (χ1) is 10.2. The lowest BCUT2D eigenvalue weighted by molar-refractivity contribution is 0.232. The van der Waals surface area contributed by atoms with Gasteiger partial charge in [-0.05, 0) is 25.2 Å². The Bertz CT molecular complexity index is 657. The largest absolute Gasteiger partial charge is 0.497 e. The minimum Gasteiger partial charge on any atom is -0.497 e. The van der Waals surface area contributed by atoms with Crippen molar-refractivity contribution < 1.29 is 13.9 Å². The summed E-state index contributed by atoms with van der Waals surface area (Å²) >= 11 is 0. The summed E-state index contributed by atoms with van der Waals surface area (Å²) in [6, 6.07) is 10.5. The molecule has 0 aromatic heterocycles. The summed E-state index contributed by atoms with van der Waals surface area (Å²) in [4.78, 5) is 0. The molecule has 0 radical (unpaired) electrons. The smallest absolute Gasteiger partial charge is 0.131 e. The minimum atomic E-state index is -0.256. The van der Waals surface area contributed by atoms with Crippen LogP contribution in [0.15, 0.2) is 36.4 Å². The molecule has 1 atom stereocenters. The van der Waals surface area contributed by atoms with E-state index in [1.165, 1.54) is 6.07 Å². The van der Waals surface area contributed by atoms with Crippen LogP contribution in [0.25, 0.3) is 11.1 Å². The molecule has 1 heterocycles. The molecular formula is C17H18FNO2. The van der Waals surface area contributed by atoms with Crippen molar-refractivity contribution in [3.8, 4) is 22.6 Å². The molecule has 0 amide bonds. The predicted octanol–water partition coefficient (Wildman–Crippen LogP) is 3.02. The zero-order valence-corrected chi connectivity index (χ0v) is 12.2. The predicted molar refractivity (Wildman–Crippen MR) is 80.4 cm³/mol. The van der Waals surface area contributed by atoms with Gasteiger partial charge in [0.25, 0.3) is 0 Å². The average molecular weight is 287 g/mol. The number of fused-ring (bicyclic) bond motifs is 1. The molecule has 21 heavy (non-hydrogen) atoms. The van der Waals surface area contributed by atoms with E-state index in [-0.39, 0.29) is 11.9 Å². The van der Waals surface area contributed by atoms with E-state index in [4.69, 9.17) is 9.47 Å². The first-order valence-corrected chi connectivity index (χ1v) is 7.00. The third kappa shape index (κ3) is 2.59. The number of hydrogen-bond donors (Lipinski definition) is 1. The molecule has 3 nitrogen and oxygen atoms in total. The fourth-order valence-electron chi connectivity index (χ4n) is 2.74. The lowest BCUT2D eigenvalue weighted by Crippen LogP contribution is -2.27. The second-order valence-electron chi connectivity index (χ2n) is 5.14. The van der Waals surface area contributed by atoms with Crippen LogP contribution in [0.3, 0.4) is 0 Å². The average Bonchev–Trinajstić information content (AvgIpc) is 2.89. The van der Waals surface area contributed by atoms with Crippen LogP contribution in [-0.4, -0.2) is 26.8 Å². The van der Waals surface area contributed by atoms with Gasteiger partial charge in [-0.25, -0.2) is 4.39 Å². The Labute approximate surface area is 123 Å². The minimum absolute atomic E-state index is 0.0719. The summed E-state index contributed by atoms with van der Waals surface area (Å²) < 4.78 is 25.5. The number of hydrogen-bond acceptors (Lipinski definition) is 3. The number of ether oxygens (including phenoxy) is 2. The SMILES string of the molecule is CNCC1Cc2cc(OC)cc(-c3ccccc3F)c2O1. The molecule has 0 saturated carbocycles. The molecule has 0 saturated heterocycles. The molecule has 2 aromatic rings. The molecular weight excluding hydrogens is 269 g/mol. The fourth-order valence-corrected chi connectivity index (χ4v) is 2.74. The Morgan fingerprint density at radius 1 is 1.29 bits per heavy atom. The summed E-state index contributed by atoms with van der Waals surface area (Å²) in [6.45, 7) is 0.758. The van der Waals surface area contributed by atoms with Gasteiger partial charge in [-0.1, -0.05) is 18.2 Å². The van der Waals surface area contributed by atoms with Crippen LogP contribution < -0.4 is 14.8 Å². The summed E-state index contributed by atoms with van der Waals surface area (Å²) in [5.41, 5.74) is 2.35. The van der Waals surface area contributed by atoms with Gasteiger partial charge in [0.1, 0.15) is 23.4 Å². The summed E-state index contributed by atoms with van der Waals surface area (Å²) in [6.07, 6.45) is 0.872. The van der Waals surface area contributed by atoms with Crippen LogP contribution >= 0.6 is 0 Å². The van der Waals surface area contributed by atoms with Crippen LogP contribution in [0.5, 0.6) is 11.5 Å². The maximum atomic E-state index is 14.1. The van der Waals surface area contributed by atoms with Crippen molar-refractivity contribution in [2.45, 2.75) is 12.5 Å². The molecule has 110 valence electrons. The lowest BCUT2D eigenvalue weighted by Gasteiger charge is -2.13. The third-order valence-corrected chi connectivity index (χ3v) is 3.70. The third-order valence-electron chi connectivity index (χ3n) is 3.70. The normalized spacial score (nSPS) is 16.4. The molecule has 1 unspecified atom stereocenters. The number of rotatable bonds is 4. The van der Waals surface area contributed by atoms with Gasteiger partial charge >= 0.3 is 0 Å². The van der Waals surface area contributed by atoms with Crippen LogP contribution in [0.2, 0.25) is 0 Å². The van der Waals surface area contributed by atoms with Crippen molar-refractivity contribution in [3.05, 3.63) is 47.8 Å². The van der Waals surface area contributed by atoms with Crippen molar-refractivity contribution >= 4 is 0 Å². The van der Waals surface area contributed by atoms with Gasteiger partial charge in [-0.15, -0.1) is 0 Å². The Morgan fingerprint density at radius 2 is 2.10 bits per heavy atom. The van der Waals surface area contributed by atoms with Gasteiger partial charge in [0.05, 0.1) is 7.11 Å². The summed E-state index contributed by atoms with van der Waals surface area (Å²) in [5, 5.41) is 3.11. The van der Waals surface area contributed by atoms with Gasteiger partial charge in [-0.2, -0.15) is 0 Å². The zero-order chi connectivity index (χ0) is 14.8. The summed E-state index contributed by atoms with van der Waals surface area (Å²) in [5.74, 6) is 1.23. The number of nitrogens with one attached hydrogen (secondary N) is 1.